The molecule has 1 aromatic heterocycles. The Morgan fingerprint density at radius 1 is 1.11 bits per heavy atom. The van der Waals surface area contributed by atoms with Gasteiger partial charge in [0.1, 0.15) is 17.6 Å². The van der Waals surface area contributed by atoms with E-state index < -0.39 is 6.04 Å². The Balaban J connectivity index is 1.85. The number of rotatable bonds is 6. The molecular weight excluding hydrogens is 501 g/mol. The molecule has 0 unspecified atom stereocenters. The Labute approximate surface area is 223 Å². The minimum atomic E-state index is -0.740. The quantitative estimate of drug-likeness (QED) is 0.372. The number of nitrogens with zero attached hydrogens (tertiary/aromatic N) is 3. The van der Waals surface area contributed by atoms with Gasteiger partial charge in [0, 0.05) is 18.7 Å². The van der Waals surface area contributed by atoms with E-state index in [1.54, 1.807) is 34.8 Å². The lowest BCUT2D eigenvalue weighted by molar-refractivity contribution is -0.127. The van der Waals surface area contributed by atoms with Gasteiger partial charge in [-0.15, -0.1) is 0 Å². The fourth-order valence-corrected chi connectivity index (χ4v) is 6.04. The highest BCUT2D eigenvalue weighted by Gasteiger charge is 2.36. The second kappa shape index (κ2) is 10.4. The molecule has 5 rings (SSSR count). The number of hydrogen-bond donors (Lipinski definition) is 0. The number of carbonyl (C=O) groups is 1. The molecule has 0 fully saturated rings. The maximum Gasteiger partial charge on any atom is 0.271 e. The molecule has 3 aromatic carbocycles. The molecule has 194 valence electrons. The van der Waals surface area contributed by atoms with Crippen LogP contribution in [-0.4, -0.2) is 35.6 Å². The fraction of sp³-hybridized carbons (Fsp3) is 0.233. The van der Waals surface area contributed by atoms with E-state index in [4.69, 9.17) is 9.73 Å². The minimum absolute atomic E-state index is 0.163. The largest absolute Gasteiger partial charge is 0.496 e. The third kappa shape index (κ3) is 4.35. The van der Waals surface area contributed by atoms with Crippen LogP contribution in [0.5, 0.6) is 5.75 Å². The van der Waals surface area contributed by atoms with Crippen LogP contribution in [0.4, 0.5) is 4.39 Å². The normalized spacial score (nSPS) is 15.4. The van der Waals surface area contributed by atoms with Crippen LogP contribution in [0.15, 0.2) is 81.7 Å². The summed E-state index contributed by atoms with van der Waals surface area (Å²) in [6.45, 7) is 6.74. The molecular formula is C30H28FN3O3S. The van der Waals surface area contributed by atoms with Crippen LogP contribution in [0.25, 0.3) is 16.8 Å². The third-order valence-corrected chi connectivity index (χ3v) is 7.88. The van der Waals surface area contributed by atoms with Crippen molar-refractivity contribution in [3.63, 3.8) is 0 Å². The fourth-order valence-electron chi connectivity index (χ4n) is 5.00. The predicted octanol–water partition coefficient (Wildman–Crippen LogP) is 4.40. The summed E-state index contributed by atoms with van der Waals surface area (Å²) in [6, 6.07) is 16.9. The summed E-state index contributed by atoms with van der Waals surface area (Å²) in [5, 5.41) is 1.87. The summed E-state index contributed by atoms with van der Waals surface area (Å²) >= 11 is 1.25. The van der Waals surface area contributed by atoms with E-state index in [9.17, 15) is 14.0 Å². The Morgan fingerprint density at radius 2 is 1.82 bits per heavy atom. The first-order chi connectivity index (χ1) is 18.4. The molecule has 6 nitrogen and oxygen atoms in total. The number of thiazole rings is 1. The highest BCUT2D eigenvalue weighted by atomic mass is 32.1. The maximum atomic E-state index is 14.0. The van der Waals surface area contributed by atoms with Crippen molar-refractivity contribution in [1.29, 1.82) is 0 Å². The molecule has 0 spiro atoms. The van der Waals surface area contributed by atoms with Crippen molar-refractivity contribution in [2.24, 2.45) is 4.99 Å². The second-order valence-corrected chi connectivity index (χ2v) is 10.0. The summed E-state index contributed by atoms with van der Waals surface area (Å²) in [7, 11) is 1.59. The van der Waals surface area contributed by atoms with E-state index in [2.05, 4.69) is 0 Å². The lowest BCUT2D eigenvalue weighted by Crippen LogP contribution is -2.43. The monoisotopic (exact) mass is 529 g/mol. The minimum Gasteiger partial charge on any atom is -0.496 e. The molecule has 0 N–H and O–H groups in total. The molecule has 1 aliphatic heterocycles. The average Bonchev–Trinajstić information content (AvgIpc) is 3.23. The SMILES string of the molecule is CCN(CC)C(=O)C1=C(C)N=c2s/c(=C/c3ccc(F)cc3)c(=O)n2[C@H]1c1c(OC)ccc2ccccc12. The van der Waals surface area contributed by atoms with Crippen molar-refractivity contribution in [1.82, 2.24) is 9.47 Å². The number of fused-ring (bicyclic) bond motifs is 2. The van der Waals surface area contributed by atoms with Crippen molar-refractivity contribution in [3.8, 4) is 5.75 Å². The van der Waals surface area contributed by atoms with Gasteiger partial charge in [0.15, 0.2) is 4.80 Å². The number of benzene rings is 3. The maximum absolute atomic E-state index is 14.0. The number of hydrogen-bond acceptors (Lipinski definition) is 5. The first-order valence-corrected chi connectivity index (χ1v) is 13.3. The third-order valence-electron chi connectivity index (χ3n) is 6.89. The predicted molar refractivity (Wildman–Crippen MR) is 149 cm³/mol. The van der Waals surface area contributed by atoms with E-state index in [0.717, 1.165) is 16.3 Å². The summed E-state index contributed by atoms with van der Waals surface area (Å²) < 4.78 is 21.3. The van der Waals surface area contributed by atoms with Gasteiger partial charge in [-0.25, -0.2) is 9.38 Å². The Hall–Kier alpha value is -4.04. The lowest BCUT2D eigenvalue weighted by Gasteiger charge is -2.30. The summed E-state index contributed by atoms with van der Waals surface area (Å²) in [5.74, 6) is 0.0762. The number of likely N-dealkylation sites (N-methyl/N-ethyl adjacent to an activating group) is 1. The van der Waals surface area contributed by atoms with Crippen molar-refractivity contribution in [3.05, 3.63) is 109 Å². The number of allylic oxidation sites excluding steroid dienone is 1. The van der Waals surface area contributed by atoms with Gasteiger partial charge < -0.3 is 9.64 Å². The number of aromatic nitrogens is 1. The Bertz CT molecular complexity index is 1750. The van der Waals surface area contributed by atoms with Crippen molar-refractivity contribution >= 4 is 34.1 Å². The molecule has 8 heteroatoms. The first kappa shape index (κ1) is 25.6. The van der Waals surface area contributed by atoms with Gasteiger partial charge in [0.2, 0.25) is 0 Å². The van der Waals surface area contributed by atoms with Gasteiger partial charge in [-0.05, 0) is 61.4 Å². The van der Waals surface area contributed by atoms with Crippen molar-refractivity contribution in [2.75, 3.05) is 20.2 Å². The number of amides is 1. The van der Waals surface area contributed by atoms with E-state index in [1.165, 1.54) is 23.5 Å². The van der Waals surface area contributed by atoms with Gasteiger partial charge >= 0.3 is 0 Å². The highest BCUT2D eigenvalue weighted by Crippen LogP contribution is 2.40. The standard InChI is InChI=1S/C30H28FN3O3S/c1-5-33(6-2)29(36)25-18(3)32-30-34(28(35)24(38-30)17-19-11-14-21(31)15-12-19)27(25)26-22-10-8-7-9-20(22)13-16-23(26)37-4/h7-17,27H,5-6H2,1-4H3/b24-17+/t27-/m1/s1. The number of carbonyl (C=O) groups excluding carboxylic acids is 1. The van der Waals surface area contributed by atoms with Crippen LogP contribution in [0, 0.1) is 5.82 Å². The van der Waals surface area contributed by atoms with Gasteiger partial charge in [0.25, 0.3) is 11.5 Å². The Morgan fingerprint density at radius 3 is 2.50 bits per heavy atom. The summed E-state index contributed by atoms with van der Waals surface area (Å²) in [6.07, 6.45) is 1.73. The van der Waals surface area contributed by atoms with Crippen LogP contribution in [-0.2, 0) is 4.79 Å². The Kier molecular flexibility index (Phi) is 6.99. The smallest absolute Gasteiger partial charge is 0.271 e. The number of ether oxygens (including phenoxy) is 1. The molecule has 0 aliphatic carbocycles. The molecule has 38 heavy (non-hydrogen) atoms. The van der Waals surface area contributed by atoms with Crippen LogP contribution >= 0.6 is 11.3 Å². The average molecular weight is 530 g/mol. The van der Waals surface area contributed by atoms with E-state index >= 15 is 0 Å². The summed E-state index contributed by atoms with van der Waals surface area (Å²) in [4.78, 5) is 34.9. The van der Waals surface area contributed by atoms with Crippen molar-refractivity contribution in [2.45, 2.75) is 26.8 Å². The zero-order chi connectivity index (χ0) is 27.0. The molecule has 1 aliphatic rings. The lowest BCUT2D eigenvalue weighted by atomic mass is 9.90. The molecule has 0 radical (unpaired) electrons. The number of halogens is 1. The molecule has 1 atom stereocenters. The first-order valence-electron chi connectivity index (χ1n) is 12.5. The molecule has 0 bridgehead atoms. The molecule has 0 saturated heterocycles. The van der Waals surface area contributed by atoms with E-state index in [0.29, 0.717) is 45.0 Å². The zero-order valence-electron chi connectivity index (χ0n) is 21.7. The van der Waals surface area contributed by atoms with Crippen LogP contribution in [0.1, 0.15) is 37.9 Å². The van der Waals surface area contributed by atoms with Gasteiger partial charge in [-0.3, -0.25) is 14.2 Å². The van der Waals surface area contributed by atoms with Crippen LogP contribution in [0.2, 0.25) is 0 Å². The van der Waals surface area contributed by atoms with E-state index in [1.807, 2.05) is 57.2 Å². The molecule has 2 heterocycles. The topological polar surface area (TPSA) is 63.9 Å². The molecule has 0 saturated carbocycles. The highest BCUT2D eigenvalue weighted by molar-refractivity contribution is 7.07. The molecule has 1 amide bonds. The van der Waals surface area contributed by atoms with Gasteiger partial charge in [0.05, 0.1) is 22.9 Å². The van der Waals surface area contributed by atoms with Crippen LogP contribution < -0.4 is 19.6 Å². The van der Waals surface area contributed by atoms with Crippen molar-refractivity contribution < 1.29 is 13.9 Å². The van der Waals surface area contributed by atoms with Crippen LogP contribution in [0.3, 0.4) is 0 Å². The molecule has 4 aromatic rings. The van der Waals surface area contributed by atoms with Gasteiger partial charge in [-0.2, -0.15) is 0 Å². The summed E-state index contributed by atoms with van der Waals surface area (Å²) in [5.41, 5.74) is 2.19. The van der Waals surface area contributed by atoms with Gasteiger partial charge in [-0.1, -0.05) is 53.8 Å². The van der Waals surface area contributed by atoms with E-state index in [-0.39, 0.29) is 17.3 Å². The second-order valence-electron chi connectivity index (χ2n) is 9.01. The number of methoxy groups -OCH3 is 1. The zero-order valence-corrected chi connectivity index (χ0v) is 22.5.